The van der Waals surface area contributed by atoms with E-state index in [1.165, 1.54) is 18.9 Å². The van der Waals surface area contributed by atoms with Crippen molar-refractivity contribution in [1.82, 2.24) is 15.2 Å². The molecule has 0 bridgehead atoms. The first-order valence-corrected chi connectivity index (χ1v) is 10.3. The van der Waals surface area contributed by atoms with Crippen molar-refractivity contribution < 1.29 is 14.3 Å². The molecule has 0 radical (unpaired) electrons. The Balaban J connectivity index is 1.78. The number of hydrogen-bond acceptors (Lipinski definition) is 8. The summed E-state index contributed by atoms with van der Waals surface area (Å²) in [6, 6.07) is 12.9. The molecular formula is C19H15BrN4O3S. The Morgan fingerprint density at radius 1 is 1.21 bits per heavy atom. The second kappa shape index (κ2) is 7.76. The summed E-state index contributed by atoms with van der Waals surface area (Å²) in [5.41, 5.74) is 3.55. The van der Waals surface area contributed by atoms with Gasteiger partial charge in [-0.15, -0.1) is 10.2 Å². The third kappa shape index (κ3) is 3.55. The molecule has 3 aromatic rings. The molecule has 2 heterocycles. The fraction of sp³-hybridized carbons (Fsp3) is 0.158. The molecule has 1 atom stereocenters. The van der Waals surface area contributed by atoms with Crippen molar-refractivity contribution in [1.29, 1.82) is 0 Å². The highest BCUT2D eigenvalue weighted by molar-refractivity contribution is 9.10. The van der Waals surface area contributed by atoms with Crippen LogP contribution in [0, 0.1) is 0 Å². The van der Waals surface area contributed by atoms with Crippen molar-refractivity contribution in [3.8, 4) is 17.1 Å². The molecule has 28 heavy (non-hydrogen) atoms. The molecule has 1 aromatic heterocycles. The number of aromatic nitrogens is 3. The third-order valence-corrected chi connectivity index (χ3v) is 5.24. The van der Waals surface area contributed by atoms with Crippen LogP contribution in [0.4, 0.5) is 5.69 Å². The molecule has 0 aliphatic carbocycles. The average molecular weight is 459 g/mol. The summed E-state index contributed by atoms with van der Waals surface area (Å²) in [5.74, 6) is 0.00846. The average Bonchev–Trinajstić information content (AvgIpc) is 2.89. The van der Waals surface area contributed by atoms with Gasteiger partial charge in [0.15, 0.2) is 11.9 Å². The number of thioether (sulfide) groups is 1. The van der Waals surface area contributed by atoms with E-state index in [2.05, 4.69) is 36.4 Å². The molecule has 0 saturated heterocycles. The highest BCUT2D eigenvalue weighted by Crippen LogP contribution is 2.40. The van der Waals surface area contributed by atoms with Crippen LogP contribution in [0.2, 0.25) is 0 Å². The minimum Gasteiger partial charge on any atom is -0.465 e. The number of fused-ring (bicyclic) bond motifs is 3. The third-order valence-electron chi connectivity index (χ3n) is 4.21. The van der Waals surface area contributed by atoms with Crippen molar-refractivity contribution in [2.24, 2.45) is 0 Å². The zero-order valence-electron chi connectivity index (χ0n) is 15.0. The van der Waals surface area contributed by atoms with Crippen molar-refractivity contribution >= 4 is 39.3 Å². The normalized spacial score (nSPS) is 14.8. The maximum Gasteiger partial charge on any atom is 0.337 e. The van der Waals surface area contributed by atoms with E-state index in [1.54, 1.807) is 12.1 Å². The van der Waals surface area contributed by atoms with Crippen LogP contribution in [-0.4, -0.2) is 34.5 Å². The van der Waals surface area contributed by atoms with E-state index in [0.717, 1.165) is 21.3 Å². The number of methoxy groups -OCH3 is 1. The van der Waals surface area contributed by atoms with Gasteiger partial charge in [-0.25, -0.2) is 4.79 Å². The van der Waals surface area contributed by atoms with Crippen LogP contribution >= 0.6 is 27.7 Å². The molecule has 4 rings (SSSR count). The van der Waals surface area contributed by atoms with Gasteiger partial charge in [0.05, 0.1) is 12.7 Å². The second-order valence-corrected chi connectivity index (χ2v) is 7.59. The fourth-order valence-corrected chi connectivity index (χ4v) is 3.48. The van der Waals surface area contributed by atoms with Crippen molar-refractivity contribution in [3.63, 3.8) is 0 Å². The van der Waals surface area contributed by atoms with Gasteiger partial charge in [-0.1, -0.05) is 39.8 Å². The molecule has 9 heteroatoms. The molecule has 0 amide bonds. The van der Waals surface area contributed by atoms with E-state index >= 15 is 0 Å². The van der Waals surface area contributed by atoms with Gasteiger partial charge in [-0.3, -0.25) is 0 Å². The van der Waals surface area contributed by atoms with Crippen LogP contribution in [0.25, 0.3) is 11.3 Å². The van der Waals surface area contributed by atoms with Gasteiger partial charge in [0.25, 0.3) is 0 Å². The number of esters is 1. The Hall–Kier alpha value is -2.65. The minimum atomic E-state index is -0.515. The smallest absolute Gasteiger partial charge is 0.337 e. The number of anilines is 1. The van der Waals surface area contributed by atoms with Crippen LogP contribution in [0.1, 0.15) is 22.1 Å². The predicted octanol–water partition coefficient (Wildman–Crippen LogP) is 4.31. The van der Waals surface area contributed by atoms with Crippen LogP contribution in [0.5, 0.6) is 5.88 Å². The van der Waals surface area contributed by atoms with Crippen molar-refractivity contribution in [2.75, 3.05) is 18.7 Å². The second-order valence-electron chi connectivity index (χ2n) is 5.90. The summed E-state index contributed by atoms with van der Waals surface area (Å²) >= 11 is 4.89. The van der Waals surface area contributed by atoms with E-state index in [4.69, 9.17) is 9.47 Å². The van der Waals surface area contributed by atoms with Crippen LogP contribution in [0.3, 0.4) is 0 Å². The van der Waals surface area contributed by atoms with Gasteiger partial charge in [-0.2, -0.15) is 4.98 Å². The van der Waals surface area contributed by atoms with Gasteiger partial charge in [-0.05, 0) is 36.6 Å². The number of ether oxygens (including phenoxy) is 2. The molecule has 7 nitrogen and oxygen atoms in total. The molecule has 0 spiro atoms. The Bertz CT molecular complexity index is 1050. The number of halogens is 1. The minimum absolute atomic E-state index is 0.386. The van der Waals surface area contributed by atoms with Gasteiger partial charge in [0.1, 0.15) is 0 Å². The molecule has 1 aliphatic rings. The monoisotopic (exact) mass is 458 g/mol. The number of rotatable bonds is 3. The van der Waals surface area contributed by atoms with Gasteiger partial charge in [0.2, 0.25) is 11.0 Å². The molecular weight excluding hydrogens is 444 g/mol. The van der Waals surface area contributed by atoms with E-state index in [9.17, 15) is 4.79 Å². The summed E-state index contributed by atoms with van der Waals surface area (Å²) in [6.45, 7) is 0. The lowest BCUT2D eigenvalue weighted by molar-refractivity contribution is 0.0600. The highest BCUT2D eigenvalue weighted by Gasteiger charge is 2.26. The van der Waals surface area contributed by atoms with Gasteiger partial charge >= 0.3 is 5.97 Å². The van der Waals surface area contributed by atoms with E-state index in [1.807, 2.05) is 36.6 Å². The molecule has 2 aromatic carbocycles. The first kappa shape index (κ1) is 18.7. The largest absolute Gasteiger partial charge is 0.465 e. The van der Waals surface area contributed by atoms with Crippen LogP contribution in [-0.2, 0) is 4.74 Å². The SMILES string of the molecule is COC(=O)c1ccc(C2Nc3ccc(Br)cc3-c3nnc(SC)nc3O2)cc1. The first-order chi connectivity index (χ1) is 13.6. The Labute approximate surface area is 174 Å². The zero-order valence-corrected chi connectivity index (χ0v) is 17.4. The number of hydrogen-bond donors (Lipinski definition) is 1. The fourth-order valence-electron chi connectivity index (χ4n) is 2.82. The van der Waals surface area contributed by atoms with E-state index in [0.29, 0.717) is 22.3 Å². The van der Waals surface area contributed by atoms with Gasteiger partial charge in [0, 0.05) is 21.3 Å². The number of carbonyl (C=O) groups excluding carboxylic acids is 1. The van der Waals surface area contributed by atoms with Crippen molar-refractivity contribution in [3.05, 3.63) is 58.1 Å². The van der Waals surface area contributed by atoms with E-state index < -0.39 is 6.23 Å². The molecule has 1 N–H and O–H groups in total. The zero-order chi connectivity index (χ0) is 19.7. The maximum atomic E-state index is 11.7. The van der Waals surface area contributed by atoms with Crippen LogP contribution in [0.15, 0.2) is 52.1 Å². The van der Waals surface area contributed by atoms with E-state index in [-0.39, 0.29) is 5.97 Å². The highest BCUT2D eigenvalue weighted by atomic mass is 79.9. The molecule has 1 aliphatic heterocycles. The lowest BCUT2D eigenvalue weighted by Gasteiger charge is -2.19. The summed E-state index contributed by atoms with van der Waals surface area (Å²) in [5, 5.41) is 12.4. The lowest BCUT2D eigenvalue weighted by Crippen LogP contribution is -2.17. The number of nitrogens with one attached hydrogen (secondary N) is 1. The standard InChI is InChI=1S/C19H15BrN4O3S/c1-26-18(25)11-5-3-10(4-6-11)16-21-14-8-7-12(20)9-13(14)15-17(27-16)22-19(28-2)24-23-15/h3-9,16,21H,1-2H3. The quantitative estimate of drug-likeness (QED) is 0.458. The Morgan fingerprint density at radius 3 is 2.71 bits per heavy atom. The molecule has 142 valence electrons. The van der Waals surface area contributed by atoms with Crippen LogP contribution < -0.4 is 10.1 Å². The van der Waals surface area contributed by atoms with Gasteiger partial charge < -0.3 is 14.8 Å². The summed E-state index contributed by atoms with van der Waals surface area (Å²) < 4.78 is 11.8. The Morgan fingerprint density at radius 2 is 2.00 bits per heavy atom. The predicted molar refractivity (Wildman–Crippen MR) is 110 cm³/mol. The Kier molecular flexibility index (Phi) is 5.19. The maximum absolute atomic E-state index is 11.7. The number of benzene rings is 2. The summed E-state index contributed by atoms with van der Waals surface area (Å²) in [4.78, 5) is 16.2. The molecule has 0 fully saturated rings. The summed E-state index contributed by atoms with van der Waals surface area (Å²) in [7, 11) is 1.36. The van der Waals surface area contributed by atoms with Crippen molar-refractivity contribution in [2.45, 2.75) is 11.4 Å². The molecule has 1 unspecified atom stereocenters. The molecule has 0 saturated carbocycles. The number of nitrogens with zero attached hydrogens (tertiary/aromatic N) is 3. The topological polar surface area (TPSA) is 86.2 Å². The summed E-state index contributed by atoms with van der Waals surface area (Å²) in [6.07, 6.45) is 1.37. The first-order valence-electron chi connectivity index (χ1n) is 8.29. The lowest BCUT2D eigenvalue weighted by atomic mass is 10.1. The number of carbonyl (C=O) groups is 1.